The molecule has 1 N–H and O–H groups in total. The van der Waals surface area contributed by atoms with E-state index in [1.807, 2.05) is 26.0 Å². The minimum atomic E-state index is -0.454. The van der Waals surface area contributed by atoms with E-state index in [4.69, 9.17) is 9.47 Å². The molecule has 6 nitrogen and oxygen atoms in total. The highest BCUT2D eigenvalue weighted by atomic mass is 16.7. The second-order valence-electron chi connectivity index (χ2n) is 7.02. The summed E-state index contributed by atoms with van der Waals surface area (Å²) in [5.41, 5.74) is 3.64. The molecule has 6 heteroatoms. The van der Waals surface area contributed by atoms with Crippen LogP contribution in [0.15, 0.2) is 29.8 Å². The van der Waals surface area contributed by atoms with E-state index < -0.39 is 5.91 Å². The number of nitriles is 1. The van der Waals surface area contributed by atoms with Gasteiger partial charge in [-0.15, -0.1) is 0 Å². The van der Waals surface area contributed by atoms with E-state index >= 15 is 0 Å². The fraction of sp³-hybridized carbons (Fsp3) is 0.333. The van der Waals surface area contributed by atoms with Crippen LogP contribution in [0.5, 0.6) is 11.5 Å². The number of ether oxygens (including phenoxy) is 2. The van der Waals surface area contributed by atoms with Crippen LogP contribution in [-0.2, 0) is 11.3 Å². The van der Waals surface area contributed by atoms with E-state index in [1.165, 1.54) is 0 Å². The van der Waals surface area contributed by atoms with Crippen LogP contribution in [0, 0.1) is 31.1 Å². The van der Waals surface area contributed by atoms with Gasteiger partial charge in [-0.3, -0.25) is 4.79 Å². The zero-order valence-electron chi connectivity index (χ0n) is 16.0. The maximum atomic E-state index is 12.5. The number of aryl methyl sites for hydroxylation is 1. The molecule has 0 spiro atoms. The lowest BCUT2D eigenvalue weighted by Crippen LogP contribution is -2.13. The highest BCUT2D eigenvalue weighted by Gasteiger charge is 2.17. The van der Waals surface area contributed by atoms with Gasteiger partial charge in [-0.1, -0.05) is 13.8 Å². The van der Waals surface area contributed by atoms with Crippen LogP contribution in [-0.4, -0.2) is 17.3 Å². The number of nitrogens with one attached hydrogen (secondary N) is 1. The van der Waals surface area contributed by atoms with E-state index in [0.717, 1.165) is 23.5 Å². The molecule has 1 aromatic carbocycles. The van der Waals surface area contributed by atoms with Crippen molar-refractivity contribution in [1.29, 1.82) is 5.26 Å². The van der Waals surface area contributed by atoms with Crippen LogP contribution < -0.4 is 14.8 Å². The van der Waals surface area contributed by atoms with Crippen molar-refractivity contribution in [3.63, 3.8) is 0 Å². The molecule has 2 aromatic rings. The molecule has 0 unspecified atom stereocenters. The van der Waals surface area contributed by atoms with Gasteiger partial charge in [0.1, 0.15) is 11.6 Å². The lowest BCUT2D eigenvalue weighted by molar-refractivity contribution is -0.112. The van der Waals surface area contributed by atoms with E-state index in [-0.39, 0.29) is 12.4 Å². The van der Waals surface area contributed by atoms with Crippen LogP contribution >= 0.6 is 0 Å². The molecule has 0 fully saturated rings. The number of hydrogen-bond donors (Lipinski definition) is 1. The summed E-state index contributed by atoms with van der Waals surface area (Å²) in [4.78, 5) is 12.5. The second kappa shape index (κ2) is 7.58. The van der Waals surface area contributed by atoms with Crippen molar-refractivity contribution in [2.45, 2.75) is 34.2 Å². The van der Waals surface area contributed by atoms with Crippen molar-refractivity contribution >= 4 is 17.7 Å². The molecule has 0 aliphatic carbocycles. The zero-order valence-corrected chi connectivity index (χ0v) is 16.0. The monoisotopic (exact) mass is 365 g/mol. The molecule has 1 aliphatic heterocycles. The number of rotatable bonds is 5. The highest BCUT2D eigenvalue weighted by Crippen LogP contribution is 2.34. The van der Waals surface area contributed by atoms with Gasteiger partial charge in [0.25, 0.3) is 5.91 Å². The molecular weight excluding hydrogens is 342 g/mol. The van der Waals surface area contributed by atoms with Crippen molar-refractivity contribution in [1.82, 2.24) is 4.57 Å². The molecule has 2 heterocycles. The molecule has 3 rings (SSSR count). The Morgan fingerprint density at radius 2 is 2.04 bits per heavy atom. The van der Waals surface area contributed by atoms with Crippen molar-refractivity contribution in [3.8, 4) is 17.6 Å². The Morgan fingerprint density at radius 1 is 1.30 bits per heavy atom. The number of carbonyl (C=O) groups is 1. The summed E-state index contributed by atoms with van der Waals surface area (Å²) in [5.74, 6) is 1.27. The van der Waals surface area contributed by atoms with E-state index in [1.54, 1.807) is 24.3 Å². The van der Waals surface area contributed by atoms with Gasteiger partial charge < -0.3 is 19.4 Å². The third-order valence-corrected chi connectivity index (χ3v) is 4.46. The number of carbonyl (C=O) groups excluding carboxylic acids is 1. The quantitative estimate of drug-likeness (QED) is 0.641. The summed E-state index contributed by atoms with van der Waals surface area (Å²) < 4.78 is 12.8. The molecule has 0 saturated carbocycles. The average Bonchev–Trinajstić information content (AvgIpc) is 3.18. The van der Waals surface area contributed by atoms with Gasteiger partial charge in [0.05, 0.1) is 0 Å². The lowest BCUT2D eigenvalue weighted by Gasteiger charge is -2.12. The summed E-state index contributed by atoms with van der Waals surface area (Å²) in [6.45, 7) is 9.43. The first kappa shape index (κ1) is 18.6. The van der Waals surface area contributed by atoms with Gasteiger partial charge in [0.2, 0.25) is 6.79 Å². The number of aromatic nitrogens is 1. The summed E-state index contributed by atoms with van der Waals surface area (Å²) in [7, 11) is 0. The lowest BCUT2D eigenvalue weighted by atomic mass is 10.1. The number of fused-ring (bicyclic) bond motifs is 1. The standard InChI is InChI=1S/C21H23N3O3/c1-13(2)11-24-14(3)7-16(15(24)4)8-17(10-22)21(25)23-18-5-6-19-20(9-18)27-12-26-19/h5-9,13H,11-12H2,1-4H3,(H,23,25)/b17-8+. The van der Waals surface area contributed by atoms with Crippen LogP contribution in [0.2, 0.25) is 0 Å². The van der Waals surface area contributed by atoms with E-state index in [9.17, 15) is 10.1 Å². The molecule has 1 amide bonds. The van der Waals surface area contributed by atoms with Gasteiger partial charge in [-0.25, -0.2) is 0 Å². The van der Waals surface area contributed by atoms with Crippen LogP contribution in [0.4, 0.5) is 5.69 Å². The molecule has 0 bridgehead atoms. The minimum Gasteiger partial charge on any atom is -0.454 e. The van der Waals surface area contributed by atoms with Crippen molar-refractivity contribution in [2.24, 2.45) is 5.92 Å². The fourth-order valence-electron chi connectivity index (χ4n) is 3.10. The normalized spacial score (nSPS) is 13.0. The van der Waals surface area contributed by atoms with Crippen molar-refractivity contribution in [2.75, 3.05) is 12.1 Å². The first-order valence-corrected chi connectivity index (χ1v) is 8.88. The zero-order chi connectivity index (χ0) is 19.6. The van der Waals surface area contributed by atoms with Crippen LogP contribution in [0.25, 0.3) is 6.08 Å². The molecule has 0 atom stereocenters. The molecule has 27 heavy (non-hydrogen) atoms. The smallest absolute Gasteiger partial charge is 0.266 e. The minimum absolute atomic E-state index is 0.0532. The van der Waals surface area contributed by atoms with Crippen molar-refractivity contribution in [3.05, 3.63) is 46.8 Å². The number of anilines is 1. The van der Waals surface area contributed by atoms with Crippen LogP contribution in [0.1, 0.15) is 30.8 Å². The largest absolute Gasteiger partial charge is 0.454 e. The summed E-state index contributed by atoms with van der Waals surface area (Å²) in [6.07, 6.45) is 1.64. The predicted molar refractivity (Wildman–Crippen MR) is 104 cm³/mol. The Kier molecular flexibility index (Phi) is 5.22. The van der Waals surface area contributed by atoms with Crippen molar-refractivity contribution < 1.29 is 14.3 Å². The predicted octanol–water partition coefficient (Wildman–Crippen LogP) is 4.04. The number of hydrogen-bond acceptors (Lipinski definition) is 4. The maximum absolute atomic E-state index is 12.5. The summed E-state index contributed by atoms with van der Waals surface area (Å²) in [5, 5.41) is 12.2. The maximum Gasteiger partial charge on any atom is 0.266 e. The Balaban J connectivity index is 1.82. The Labute approximate surface area is 159 Å². The van der Waals surface area contributed by atoms with Gasteiger partial charge in [0.15, 0.2) is 11.5 Å². The van der Waals surface area contributed by atoms with E-state index in [2.05, 4.69) is 23.7 Å². The number of amides is 1. The molecule has 1 aliphatic rings. The summed E-state index contributed by atoms with van der Waals surface area (Å²) in [6, 6.07) is 9.14. The molecule has 0 radical (unpaired) electrons. The molecule has 1 aromatic heterocycles. The first-order chi connectivity index (χ1) is 12.9. The Bertz CT molecular complexity index is 948. The molecule has 140 valence electrons. The SMILES string of the molecule is Cc1cc(/C=C(\C#N)C(=O)Nc2ccc3c(c2)OCO3)c(C)n1CC(C)C. The molecule has 0 saturated heterocycles. The van der Waals surface area contributed by atoms with Crippen LogP contribution in [0.3, 0.4) is 0 Å². The Hall–Kier alpha value is -3.20. The third kappa shape index (κ3) is 3.98. The topological polar surface area (TPSA) is 76.3 Å². The van der Waals surface area contributed by atoms with Gasteiger partial charge in [-0.05, 0) is 49.6 Å². The fourth-order valence-corrected chi connectivity index (χ4v) is 3.10. The number of nitrogens with zero attached hydrogens (tertiary/aromatic N) is 2. The number of benzene rings is 1. The summed E-state index contributed by atoms with van der Waals surface area (Å²) >= 11 is 0. The molecular formula is C21H23N3O3. The average molecular weight is 365 g/mol. The van der Waals surface area contributed by atoms with Gasteiger partial charge >= 0.3 is 0 Å². The first-order valence-electron chi connectivity index (χ1n) is 8.88. The van der Waals surface area contributed by atoms with E-state index in [0.29, 0.717) is 23.1 Å². The van der Waals surface area contributed by atoms with Gasteiger partial charge in [-0.2, -0.15) is 5.26 Å². The highest BCUT2D eigenvalue weighted by molar-refractivity contribution is 6.09. The Morgan fingerprint density at radius 3 is 2.74 bits per heavy atom. The second-order valence-corrected chi connectivity index (χ2v) is 7.02. The van der Waals surface area contributed by atoms with Gasteiger partial charge in [0, 0.05) is 29.7 Å². The third-order valence-electron chi connectivity index (χ3n) is 4.46.